The number of hydrogen-bond acceptors (Lipinski definition) is 8. The van der Waals surface area contributed by atoms with Crippen LogP contribution in [0.1, 0.15) is 47.4 Å². The first-order valence-electron chi connectivity index (χ1n) is 14.1. The Morgan fingerprint density at radius 2 is 1.47 bits per heavy atom. The normalized spacial score (nSPS) is 23.4. The fraction of sp³-hybridized carbons (Fsp3) is 0.200. The summed E-state index contributed by atoms with van der Waals surface area (Å²) in [6.45, 7) is 4.13. The van der Waals surface area contributed by atoms with Gasteiger partial charge in [-0.05, 0) is 67.8 Å². The first-order valence-corrected chi connectivity index (χ1v) is 14.1. The molecule has 3 aliphatic rings. The molecule has 0 spiro atoms. The van der Waals surface area contributed by atoms with Crippen molar-refractivity contribution in [2.75, 3.05) is 0 Å². The lowest BCUT2D eigenvalue weighted by molar-refractivity contribution is -0.198. The molecule has 5 aromatic rings. The van der Waals surface area contributed by atoms with Gasteiger partial charge in [0.15, 0.2) is 0 Å². The number of phenolic OH excluding ortho intramolecular Hbond substituents is 5. The van der Waals surface area contributed by atoms with Crippen LogP contribution in [-0.4, -0.2) is 25.5 Å². The van der Waals surface area contributed by atoms with Gasteiger partial charge in [-0.3, -0.25) is 0 Å². The monoisotopic (exact) mass is 576 g/mol. The first kappa shape index (κ1) is 25.5. The molecule has 0 bridgehead atoms. The number of allylic oxidation sites excluding steroid dienone is 2. The van der Waals surface area contributed by atoms with Crippen molar-refractivity contribution in [1.82, 2.24) is 0 Å². The van der Waals surface area contributed by atoms with Gasteiger partial charge >= 0.3 is 0 Å². The van der Waals surface area contributed by atoms with Crippen LogP contribution in [-0.2, 0) is 5.79 Å². The predicted octanol–water partition coefficient (Wildman–Crippen LogP) is 7.41. The smallest absolute Gasteiger partial charge is 0.285 e. The predicted molar refractivity (Wildman–Crippen MR) is 158 cm³/mol. The summed E-state index contributed by atoms with van der Waals surface area (Å²) in [5.41, 5.74) is 5.53. The van der Waals surface area contributed by atoms with Gasteiger partial charge in [0, 0.05) is 52.6 Å². The van der Waals surface area contributed by atoms with E-state index >= 15 is 0 Å². The van der Waals surface area contributed by atoms with E-state index in [1.807, 2.05) is 25.1 Å². The molecule has 1 aliphatic carbocycles. The van der Waals surface area contributed by atoms with Crippen LogP contribution in [0.5, 0.6) is 40.2 Å². The average molecular weight is 577 g/mol. The van der Waals surface area contributed by atoms with Gasteiger partial charge in [0.2, 0.25) is 0 Å². The van der Waals surface area contributed by atoms with Crippen molar-refractivity contribution in [2.45, 2.75) is 37.9 Å². The molecule has 3 heterocycles. The highest BCUT2D eigenvalue weighted by atomic mass is 16.7. The Morgan fingerprint density at radius 1 is 0.744 bits per heavy atom. The van der Waals surface area contributed by atoms with E-state index in [2.05, 4.69) is 13.0 Å². The molecule has 0 saturated carbocycles. The van der Waals surface area contributed by atoms with Crippen molar-refractivity contribution in [2.24, 2.45) is 5.92 Å². The molecule has 216 valence electrons. The summed E-state index contributed by atoms with van der Waals surface area (Å²) >= 11 is 0. The van der Waals surface area contributed by atoms with Crippen LogP contribution in [0.4, 0.5) is 0 Å². The number of benzene rings is 4. The summed E-state index contributed by atoms with van der Waals surface area (Å²) in [7, 11) is 0. The minimum absolute atomic E-state index is 0.0526. The molecule has 2 aliphatic heterocycles. The van der Waals surface area contributed by atoms with Gasteiger partial charge < -0.3 is 39.4 Å². The zero-order valence-electron chi connectivity index (χ0n) is 23.3. The van der Waals surface area contributed by atoms with E-state index in [1.54, 1.807) is 18.2 Å². The molecule has 0 radical (unpaired) electrons. The van der Waals surface area contributed by atoms with Gasteiger partial charge in [0.05, 0.1) is 11.5 Å². The van der Waals surface area contributed by atoms with Crippen molar-refractivity contribution < 1.29 is 39.4 Å². The maximum absolute atomic E-state index is 11.2. The Labute approximate surface area is 246 Å². The van der Waals surface area contributed by atoms with E-state index in [1.165, 1.54) is 35.9 Å². The molecular weight excluding hydrogens is 548 g/mol. The standard InChI is InChI=1S/C35H28O8/c1-16-7-25-23-5-3-20(37)13-31(23)42-35(27-6-4-19(36)12-28(27)40)34(25)26(8-16)33-17(2)24-14-29(41-30(24)15-32(33)43-35)18-9-21(38)11-22(39)10-18/h3-6,8-15,25-26,34,36-40H,7H2,1-2H3/t25-,26?,34?,35+/m0/s1. The molecule has 43 heavy (non-hydrogen) atoms. The Bertz CT molecular complexity index is 2000. The van der Waals surface area contributed by atoms with Crippen LogP contribution in [0.2, 0.25) is 0 Å². The van der Waals surface area contributed by atoms with E-state index in [-0.39, 0.29) is 46.5 Å². The van der Waals surface area contributed by atoms with Crippen LogP contribution >= 0.6 is 0 Å². The molecule has 8 nitrogen and oxygen atoms in total. The quantitative estimate of drug-likeness (QED) is 0.137. The highest BCUT2D eigenvalue weighted by Gasteiger charge is 2.61. The summed E-state index contributed by atoms with van der Waals surface area (Å²) < 4.78 is 19.9. The fourth-order valence-electron chi connectivity index (χ4n) is 7.49. The van der Waals surface area contributed by atoms with E-state index in [9.17, 15) is 25.5 Å². The Kier molecular flexibility index (Phi) is 5.12. The third-order valence-electron chi connectivity index (χ3n) is 9.16. The van der Waals surface area contributed by atoms with Crippen molar-refractivity contribution in [3.8, 4) is 51.6 Å². The number of fused-ring (bicyclic) bond motifs is 5. The molecular formula is C35H28O8. The van der Waals surface area contributed by atoms with E-state index in [0.717, 1.165) is 28.5 Å². The van der Waals surface area contributed by atoms with Crippen molar-refractivity contribution in [1.29, 1.82) is 0 Å². The molecule has 0 amide bonds. The number of hydrogen-bond donors (Lipinski definition) is 5. The number of ether oxygens (including phenoxy) is 2. The molecule has 8 heteroatoms. The Hall–Kier alpha value is -5.24. The van der Waals surface area contributed by atoms with Gasteiger partial charge in [-0.1, -0.05) is 17.7 Å². The maximum Gasteiger partial charge on any atom is 0.285 e. The van der Waals surface area contributed by atoms with Crippen molar-refractivity contribution >= 4 is 11.0 Å². The van der Waals surface area contributed by atoms with Crippen molar-refractivity contribution in [3.63, 3.8) is 0 Å². The number of aromatic hydroxyl groups is 5. The topological polar surface area (TPSA) is 133 Å². The van der Waals surface area contributed by atoms with Gasteiger partial charge in [-0.2, -0.15) is 0 Å². The van der Waals surface area contributed by atoms with E-state index in [4.69, 9.17) is 13.9 Å². The van der Waals surface area contributed by atoms with Gasteiger partial charge in [-0.25, -0.2) is 0 Å². The zero-order chi connectivity index (χ0) is 29.8. The third kappa shape index (κ3) is 3.62. The number of phenols is 5. The highest BCUT2D eigenvalue weighted by Crippen LogP contribution is 2.65. The fourth-order valence-corrected chi connectivity index (χ4v) is 7.49. The lowest BCUT2D eigenvalue weighted by Crippen LogP contribution is -2.56. The summed E-state index contributed by atoms with van der Waals surface area (Å²) in [6.07, 6.45) is 2.98. The maximum atomic E-state index is 11.2. The molecule has 0 saturated heterocycles. The average Bonchev–Trinajstić information content (AvgIpc) is 3.36. The molecule has 5 N–H and O–H groups in total. The number of aryl methyl sites for hydroxylation is 1. The van der Waals surface area contributed by atoms with Crippen LogP contribution in [0, 0.1) is 12.8 Å². The second-order valence-electron chi connectivity index (χ2n) is 11.8. The van der Waals surface area contributed by atoms with Crippen LogP contribution in [0.25, 0.3) is 22.3 Å². The minimum atomic E-state index is -1.50. The Morgan fingerprint density at radius 3 is 2.23 bits per heavy atom. The van der Waals surface area contributed by atoms with Gasteiger partial charge in [0.25, 0.3) is 5.79 Å². The molecule has 8 rings (SSSR count). The second kappa shape index (κ2) is 8.64. The van der Waals surface area contributed by atoms with Crippen molar-refractivity contribution in [3.05, 3.63) is 101 Å². The third-order valence-corrected chi connectivity index (χ3v) is 9.16. The van der Waals surface area contributed by atoms with Crippen LogP contribution in [0.15, 0.2) is 82.8 Å². The van der Waals surface area contributed by atoms with E-state index in [0.29, 0.717) is 34.0 Å². The van der Waals surface area contributed by atoms with Crippen LogP contribution < -0.4 is 9.47 Å². The van der Waals surface area contributed by atoms with E-state index < -0.39 is 5.79 Å². The largest absolute Gasteiger partial charge is 0.508 e. The number of rotatable bonds is 2. The lowest BCUT2D eigenvalue weighted by atomic mass is 9.60. The summed E-state index contributed by atoms with van der Waals surface area (Å²) in [5.74, 6) is -0.940. The molecule has 4 aromatic carbocycles. The first-order chi connectivity index (χ1) is 20.6. The molecule has 0 fully saturated rings. The minimum Gasteiger partial charge on any atom is -0.508 e. The molecule has 2 unspecified atom stereocenters. The van der Waals surface area contributed by atoms with Gasteiger partial charge in [0.1, 0.15) is 51.6 Å². The summed E-state index contributed by atoms with van der Waals surface area (Å²) in [6, 6.07) is 17.5. The highest BCUT2D eigenvalue weighted by molar-refractivity contribution is 5.89. The lowest BCUT2D eigenvalue weighted by Gasteiger charge is -2.55. The SMILES string of the molecule is CC1=CC2c3c(cc4oc(-c5cc(O)cc(O)c5)cc4c3C)O[C@@]3(c4ccc(O)cc4O)Oc4cc(O)ccc4[C@H](C1)C23. The van der Waals surface area contributed by atoms with Gasteiger partial charge in [-0.15, -0.1) is 0 Å². The molecule has 4 atom stereocenters. The summed E-state index contributed by atoms with van der Waals surface area (Å²) in [4.78, 5) is 0. The van der Waals surface area contributed by atoms with Crippen LogP contribution in [0.3, 0.4) is 0 Å². The zero-order valence-corrected chi connectivity index (χ0v) is 23.3. The second-order valence-corrected chi connectivity index (χ2v) is 11.8. The number of furan rings is 1. The summed E-state index contributed by atoms with van der Waals surface area (Å²) in [5, 5.41) is 52.7. The molecule has 1 aromatic heterocycles. The Balaban J connectivity index is 1.40.